The summed E-state index contributed by atoms with van der Waals surface area (Å²) < 4.78 is 8.42. The highest BCUT2D eigenvalue weighted by molar-refractivity contribution is 9.10. The fraction of sp³-hybridized carbons (Fsp3) is 0.136. The van der Waals surface area contributed by atoms with Crippen LogP contribution in [0.3, 0.4) is 0 Å². The Morgan fingerprint density at radius 2 is 1.87 bits per heavy atom. The van der Waals surface area contributed by atoms with Gasteiger partial charge in [0.05, 0.1) is 18.1 Å². The maximum absolute atomic E-state index is 12.5. The number of amides is 1. The van der Waals surface area contributed by atoms with Crippen molar-refractivity contribution in [3.63, 3.8) is 0 Å². The van der Waals surface area contributed by atoms with Crippen molar-refractivity contribution in [1.82, 2.24) is 20.1 Å². The predicted molar refractivity (Wildman–Crippen MR) is 120 cm³/mol. The number of aromatic nitrogens is 3. The molecule has 1 unspecified atom stereocenters. The van der Waals surface area contributed by atoms with Crippen LogP contribution in [-0.2, 0) is 4.79 Å². The zero-order valence-electron chi connectivity index (χ0n) is 16.2. The average molecular weight is 483 g/mol. The van der Waals surface area contributed by atoms with Crippen molar-refractivity contribution in [2.75, 3.05) is 5.75 Å². The van der Waals surface area contributed by atoms with Gasteiger partial charge in [-0.2, -0.15) is 0 Å². The lowest BCUT2D eigenvalue weighted by atomic mass is 10.1. The van der Waals surface area contributed by atoms with Gasteiger partial charge in [-0.25, -0.2) is 0 Å². The number of halogens is 1. The van der Waals surface area contributed by atoms with Crippen molar-refractivity contribution in [3.8, 4) is 17.3 Å². The number of benzene rings is 2. The van der Waals surface area contributed by atoms with E-state index < -0.39 is 0 Å². The zero-order chi connectivity index (χ0) is 20.9. The molecule has 4 rings (SSSR count). The first-order valence-corrected chi connectivity index (χ1v) is 11.1. The molecule has 4 aromatic rings. The predicted octanol–water partition coefficient (Wildman–Crippen LogP) is 5.26. The molecule has 2 aromatic carbocycles. The third kappa shape index (κ3) is 4.66. The Morgan fingerprint density at radius 3 is 2.57 bits per heavy atom. The van der Waals surface area contributed by atoms with E-state index in [0.29, 0.717) is 16.7 Å². The Kier molecular flexibility index (Phi) is 6.35. The van der Waals surface area contributed by atoms with Gasteiger partial charge in [0.2, 0.25) is 11.7 Å². The summed E-state index contributed by atoms with van der Waals surface area (Å²) in [5.74, 6) is 1.37. The Labute approximate surface area is 186 Å². The first kappa shape index (κ1) is 20.4. The van der Waals surface area contributed by atoms with Crippen LogP contribution < -0.4 is 5.32 Å². The molecule has 0 fully saturated rings. The van der Waals surface area contributed by atoms with Gasteiger partial charge in [0.15, 0.2) is 10.9 Å². The van der Waals surface area contributed by atoms with Crippen LogP contribution in [-0.4, -0.2) is 26.4 Å². The molecular formula is C22H19BrN4O2S. The average Bonchev–Trinajstić information content (AvgIpc) is 3.43. The molecule has 1 amide bonds. The van der Waals surface area contributed by atoms with Gasteiger partial charge in [-0.3, -0.25) is 9.36 Å². The molecule has 0 bridgehead atoms. The summed E-state index contributed by atoms with van der Waals surface area (Å²) in [6.45, 7) is 1.97. The highest BCUT2D eigenvalue weighted by atomic mass is 79.9. The van der Waals surface area contributed by atoms with Crippen LogP contribution in [0.5, 0.6) is 0 Å². The van der Waals surface area contributed by atoms with Crippen LogP contribution >= 0.6 is 27.7 Å². The lowest BCUT2D eigenvalue weighted by Gasteiger charge is -2.14. The fourth-order valence-electron chi connectivity index (χ4n) is 2.99. The number of hydrogen-bond donors (Lipinski definition) is 1. The number of carbonyl (C=O) groups excluding carboxylic acids is 1. The van der Waals surface area contributed by atoms with Gasteiger partial charge < -0.3 is 9.73 Å². The second-order valence-corrected chi connectivity index (χ2v) is 8.44. The summed E-state index contributed by atoms with van der Waals surface area (Å²) in [5, 5.41) is 12.2. The molecule has 6 nitrogen and oxygen atoms in total. The highest BCUT2D eigenvalue weighted by Gasteiger charge is 2.19. The van der Waals surface area contributed by atoms with Crippen molar-refractivity contribution in [3.05, 3.63) is 83.0 Å². The van der Waals surface area contributed by atoms with E-state index in [1.807, 2.05) is 78.2 Å². The third-order valence-corrected chi connectivity index (χ3v) is 5.93. The number of nitrogens with zero attached hydrogens (tertiary/aromatic N) is 3. The highest BCUT2D eigenvalue weighted by Crippen LogP contribution is 2.28. The maximum Gasteiger partial charge on any atom is 0.230 e. The molecule has 0 saturated heterocycles. The minimum Gasteiger partial charge on any atom is -0.461 e. The normalized spacial score (nSPS) is 11.9. The fourth-order valence-corrected chi connectivity index (χ4v) is 4.01. The molecule has 0 saturated carbocycles. The molecule has 152 valence electrons. The van der Waals surface area contributed by atoms with Crippen LogP contribution in [0.25, 0.3) is 17.3 Å². The lowest BCUT2D eigenvalue weighted by Crippen LogP contribution is -2.28. The van der Waals surface area contributed by atoms with E-state index in [1.54, 1.807) is 6.26 Å². The number of hydrogen-bond acceptors (Lipinski definition) is 5. The number of carbonyl (C=O) groups is 1. The van der Waals surface area contributed by atoms with Crippen LogP contribution in [0, 0.1) is 0 Å². The second kappa shape index (κ2) is 9.32. The van der Waals surface area contributed by atoms with Crippen LogP contribution in [0.1, 0.15) is 18.5 Å². The lowest BCUT2D eigenvalue weighted by molar-refractivity contribution is -0.119. The Balaban J connectivity index is 1.49. The first-order chi connectivity index (χ1) is 14.6. The van der Waals surface area contributed by atoms with E-state index in [4.69, 9.17) is 4.42 Å². The van der Waals surface area contributed by atoms with Crippen LogP contribution in [0.4, 0.5) is 0 Å². The van der Waals surface area contributed by atoms with E-state index >= 15 is 0 Å². The van der Waals surface area contributed by atoms with Crippen molar-refractivity contribution in [1.29, 1.82) is 0 Å². The molecule has 1 atom stereocenters. The van der Waals surface area contributed by atoms with E-state index in [-0.39, 0.29) is 17.7 Å². The molecular weight excluding hydrogens is 464 g/mol. The van der Waals surface area contributed by atoms with E-state index in [0.717, 1.165) is 15.7 Å². The quantitative estimate of drug-likeness (QED) is 0.363. The van der Waals surface area contributed by atoms with Gasteiger partial charge >= 0.3 is 0 Å². The smallest absolute Gasteiger partial charge is 0.230 e. The second-order valence-electron chi connectivity index (χ2n) is 6.58. The van der Waals surface area contributed by atoms with Gasteiger partial charge in [-0.05, 0) is 48.9 Å². The summed E-state index contributed by atoms with van der Waals surface area (Å²) in [6, 6.07) is 21.2. The summed E-state index contributed by atoms with van der Waals surface area (Å²) in [5.41, 5.74) is 1.95. The SMILES string of the molecule is CC(NC(=O)CSc1nnc(-c2ccco2)n1-c1ccccc1)c1ccc(Br)cc1. The van der Waals surface area contributed by atoms with Gasteiger partial charge in [-0.15, -0.1) is 10.2 Å². The molecule has 8 heteroatoms. The molecule has 0 aliphatic rings. The van der Waals surface area contributed by atoms with Gasteiger partial charge in [0.25, 0.3) is 0 Å². The molecule has 2 aromatic heterocycles. The molecule has 0 spiro atoms. The van der Waals surface area contributed by atoms with Crippen molar-refractivity contribution in [2.45, 2.75) is 18.1 Å². The number of furan rings is 1. The maximum atomic E-state index is 12.5. The van der Waals surface area contributed by atoms with Crippen molar-refractivity contribution in [2.24, 2.45) is 0 Å². The van der Waals surface area contributed by atoms with Crippen molar-refractivity contribution < 1.29 is 9.21 Å². The van der Waals surface area contributed by atoms with E-state index in [9.17, 15) is 4.79 Å². The van der Waals surface area contributed by atoms with Crippen LogP contribution in [0.2, 0.25) is 0 Å². The summed E-state index contributed by atoms with van der Waals surface area (Å²) in [6.07, 6.45) is 1.60. The summed E-state index contributed by atoms with van der Waals surface area (Å²) >= 11 is 4.76. The molecule has 0 aliphatic heterocycles. The largest absolute Gasteiger partial charge is 0.461 e. The van der Waals surface area contributed by atoms with Gasteiger partial charge in [0.1, 0.15) is 0 Å². The number of nitrogens with one attached hydrogen (secondary N) is 1. The molecule has 1 N–H and O–H groups in total. The Hall–Kier alpha value is -2.84. The topological polar surface area (TPSA) is 73.0 Å². The molecule has 2 heterocycles. The Morgan fingerprint density at radius 1 is 1.10 bits per heavy atom. The van der Waals surface area contributed by atoms with E-state index in [2.05, 4.69) is 31.4 Å². The molecule has 30 heavy (non-hydrogen) atoms. The first-order valence-electron chi connectivity index (χ1n) is 9.34. The summed E-state index contributed by atoms with van der Waals surface area (Å²) in [4.78, 5) is 12.5. The summed E-state index contributed by atoms with van der Waals surface area (Å²) in [7, 11) is 0. The number of thioether (sulfide) groups is 1. The minimum absolute atomic E-state index is 0.0717. The van der Waals surface area contributed by atoms with Gasteiger partial charge in [-0.1, -0.05) is 58.0 Å². The van der Waals surface area contributed by atoms with Crippen LogP contribution in [0.15, 0.2) is 87.0 Å². The monoisotopic (exact) mass is 482 g/mol. The van der Waals surface area contributed by atoms with Crippen molar-refractivity contribution >= 4 is 33.6 Å². The number of rotatable bonds is 7. The minimum atomic E-state index is -0.0862. The van der Waals surface area contributed by atoms with Gasteiger partial charge in [0, 0.05) is 10.2 Å². The molecule has 0 radical (unpaired) electrons. The molecule has 0 aliphatic carbocycles. The van der Waals surface area contributed by atoms with E-state index in [1.165, 1.54) is 11.8 Å². The third-order valence-electron chi connectivity index (χ3n) is 4.47. The number of para-hydroxylation sites is 1. The standard InChI is InChI=1S/C22H19BrN4O2S/c1-15(16-9-11-17(23)12-10-16)24-20(28)14-30-22-26-25-21(19-8-5-13-29-19)27(22)18-6-3-2-4-7-18/h2-13,15H,14H2,1H3,(H,24,28). The zero-order valence-corrected chi connectivity index (χ0v) is 18.6. The Bertz CT molecular complexity index is 1110.